The van der Waals surface area contributed by atoms with Gasteiger partial charge in [-0.2, -0.15) is 0 Å². The van der Waals surface area contributed by atoms with Crippen LogP contribution in [-0.2, 0) is 36.4 Å². The first-order valence-electron chi connectivity index (χ1n) is 11.7. The number of aliphatic hydroxyl groups is 1. The molecule has 10 nitrogen and oxygen atoms in total. The van der Waals surface area contributed by atoms with Crippen LogP contribution in [0.2, 0.25) is 0 Å². The third-order valence-corrected chi connectivity index (χ3v) is 7.48. The lowest BCUT2D eigenvalue weighted by atomic mass is 10.0. The molecule has 2 aromatic carbocycles. The zero-order chi connectivity index (χ0) is 30.3. The first kappa shape index (κ1) is 31.1. The summed E-state index contributed by atoms with van der Waals surface area (Å²) in [7, 11) is -3.35. The minimum absolute atomic E-state index is 0.230. The molecule has 1 heterocycles. The minimum Gasteiger partial charge on any atom is -0.444 e. The number of carbonyl (C=O) groups excluding carboxylic acids is 2. The van der Waals surface area contributed by atoms with E-state index in [0.717, 1.165) is 37.1 Å². The topological polar surface area (TPSA) is 131 Å². The zero-order valence-electron chi connectivity index (χ0n) is 22.1. The minimum atomic E-state index is -4.94. The number of alkyl carbamates (subject to hydrolysis) is 1. The van der Waals surface area contributed by atoms with E-state index in [1.165, 1.54) is 12.1 Å². The van der Waals surface area contributed by atoms with Crippen molar-refractivity contribution in [3.05, 3.63) is 53.3 Å². The van der Waals surface area contributed by atoms with E-state index < -0.39 is 80.0 Å². The standard InChI is InChI=1S/C25H28F4N2O8S/c1-23(2,3)39-22(33)30-18-13-40(35,36)20-11-17(26)16(24(4,34)37-5)10-19(20)31(21(18)32)12-14-6-8-15(9-7-14)38-25(27,28)29/h6-11,18,34H,12-13H2,1-5H3,(H,30,33)/t18-,24?/m0/s1. The number of amides is 2. The molecular formula is C25H28F4N2O8S. The van der Waals surface area contributed by atoms with Crippen LogP contribution in [0.5, 0.6) is 5.75 Å². The van der Waals surface area contributed by atoms with Crippen LogP contribution < -0.4 is 15.0 Å². The van der Waals surface area contributed by atoms with E-state index >= 15 is 4.39 Å². The van der Waals surface area contributed by atoms with E-state index in [-0.39, 0.29) is 11.3 Å². The van der Waals surface area contributed by atoms with Gasteiger partial charge in [0.25, 0.3) is 5.91 Å². The van der Waals surface area contributed by atoms with E-state index in [1.807, 2.05) is 0 Å². The maximum absolute atomic E-state index is 15.1. The molecule has 1 aliphatic heterocycles. The highest BCUT2D eigenvalue weighted by Crippen LogP contribution is 2.37. The maximum atomic E-state index is 15.1. The lowest BCUT2D eigenvalue weighted by molar-refractivity contribution is -0.274. The average Bonchev–Trinajstić information content (AvgIpc) is 2.86. The highest BCUT2D eigenvalue weighted by molar-refractivity contribution is 7.91. The fourth-order valence-electron chi connectivity index (χ4n) is 3.85. The average molecular weight is 593 g/mol. The number of nitrogens with one attached hydrogen (secondary N) is 1. The van der Waals surface area contributed by atoms with Gasteiger partial charge in [0, 0.05) is 12.7 Å². The highest BCUT2D eigenvalue weighted by Gasteiger charge is 2.41. The Bertz CT molecular complexity index is 1390. The molecule has 40 heavy (non-hydrogen) atoms. The molecule has 0 fully saturated rings. The quantitative estimate of drug-likeness (QED) is 0.383. The predicted molar refractivity (Wildman–Crippen MR) is 133 cm³/mol. The van der Waals surface area contributed by atoms with Crippen LogP contribution in [0.1, 0.15) is 38.8 Å². The molecule has 2 N–H and O–H groups in total. The lowest BCUT2D eigenvalue weighted by Gasteiger charge is -2.29. The Kier molecular flexibility index (Phi) is 8.44. The molecule has 0 radical (unpaired) electrons. The third kappa shape index (κ3) is 7.40. The number of methoxy groups -OCH3 is 1. The molecule has 0 aromatic heterocycles. The molecule has 2 atom stereocenters. The molecule has 2 amide bonds. The van der Waals surface area contributed by atoms with Gasteiger partial charge in [-0.25, -0.2) is 17.6 Å². The summed E-state index contributed by atoms with van der Waals surface area (Å²) in [4.78, 5) is 26.5. The van der Waals surface area contributed by atoms with Gasteiger partial charge >= 0.3 is 12.5 Å². The van der Waals surface area contributed by atoms with E-state index in [1.54, 1.807) is 20.8 Å². The number of benzene rings is 2. The van der Waals surface area contributed by atoms with Gasteiger partial charge in [0.05, 0.1) is 22.9 Å². The molecule has 1 aliphatic rings. The first-order valence-corrected chi connectivity index (χ1v) is 13.4. The summed E-state index contributed by atoms with van der Waals surface area (Å²) in [5, 5.41) is 12.8. The maximum Gasteiger partial charge on any atom is 0.573 e. The van der Waals surface area contributed by atoms with Crippen molar-refractivity contribution >= 4 is 27.5 Å². The number of fused-ring (bicyclic) bond motifs is 1. The number of nitrogens with zero attached hydrogens (tertiary/aromatic N) is 1. The first-order chi connectivity index (χ1) is 18.2. The summed E-state index contributed by atoms with van der Waals surface area (Å²) in [6, 6.07) is 4.27. The Morgan fingerprint density at radius 3 is 2.25 bits per heavy atom. The van der Waals surface area contributed by atoms with Crippen molar-refractivity contribution in [2.24, 2.45) is 0 Å². The molecule has 0 spiro atoms. The van der Waals surface area contributed by atoms with Crippen LogP contribution >= 0.6 is 0 Å². The van der Waals surface area contributed by atoms with Crippen molar-refractivity contribution in [2.45, 2.75) is 62.9 Å². The van der Waals surface area contributed by atoms with Crippen molar-refractivity contribution < 1.29 is 54.9 Å². The molecule has 0 aliphatic carbocycles. The Morgan fingerprint density at radius 2 is 1.73 bits per heavy atom. The molecule has 2 aromatic rings. The third-order valence-electron chi connectivity index (χ3n) is 5.71. The summed E-state index contributed by atoms with van der Waals surface area (Å²) < 4.78 is 93.3. The predicted octanol–water partition coefficient (Wildman–Crippen LogP) is 3.75. The SMILES string of the molecule is COC(C)(O)c1cc2c(cc1F)S(=O)(=O)C[C@H](NC(=O)OC(C)(C)C)C(=O)N2Cc1ccc(OC(F)(F)F)cc1. The summed E-state index contributed by atoms with van der Waals surface area (Å²) in [6.45, 7) is 5.34. The van der Waals surface area contributed by atoms with Crippen LogP contribution in [0.25, 0.3) is 0 Å². The van der Waals surface area contributed by atoms with Gasteiger partial charge in [0.1, 0.15) is 23.2 Å². The number of halogens is 4. The number of anilines is 1. The number of hydrogen-bond acceptors (Lipinski definition) is 8. The second kappa shape index (κ2) is 10.9. The molecule has 0 saturated heterocycles. The van der Waals surface area contributed by atoms with Crippen molar-refractivity contribution in [3.8, 4) is 5.75 Å². The van der Waals surface area contributed by atoms with Gasteiger partial charge in [-0.05, 0) is 57.5 Å². The molecule has 0 bridgehead atoms. The summed E-state index contributed by atoms with van der Waals surface area (Å²) in [5.41, 5.74) is -1.59. The Morgan fingerprint density at radius 1 is 1.12 bits per heavy atom. The number of ether oxygens (including phenoxy) is 3. The van der Waals surface area contributed by atoms with Crippen LogP contribution in [-0.4, -0.2) is 56.4 Å². The van der Waals surface area contributed by atoms with Crippen LogP contribution in [0, 0.1) is 5.82 Å². The van der Waals surface area contributed by atoms with Crippen molar-refractivity contribution in [1.82, 2.24) is 5.32 Å². The van der Waals surface area contributed by atoms with Crippen LogP contribution in [0.15, 0.2) is 41.3 Å². The van der Waals surface area contributed by atoms with Crippen molar-refractivity contribution in [1.29, 1.82) is 0 Å². The van der Waals surface area contributed by atoms with E-state index in [0.29, 0.717) is 6.07 Å². The van der Waals surface area contributed by atoms with E-state index in [2.05, 4.69) is 10.1 Å². The number of alkyl halides is 3. The van der Waals surface area contributed by atoms with Gasteiger partial charge in [-0.3, -0.25) is 4.79 Å². The fourth-order valence-corrected chi connectivity index (χ4v) is 5.47. The number of sulfone groups is 1. The molecule has 220 valence electrons. The monoisotopic (exact) mass is 592 g/mol. The molecule has 15 heteroatoms. The van der Waals surface area contributed by atoms with Crippen molar-refractivity contribution in [2.75, 3.05) is 17.8 Å². The van der Waals surface area contributed by atoms with Crippen LogP contribution in [0.4, 0.5) is 28.0 Å². The normalized spacial score (nSPS) is 18.8. The second-order valence-corrected chi connectivity index (χ2v) is 12.1. The lowest BCUT2D eigenvalue weighted by Crippen LogP contribution is -2.51. The number of rotatable bonds is 6. The van der Waals surface area contributed by atoms with Gasteiger partial charge in [0.2, 0.25) is 0 Å². The summed E-state index contributed by atoms with van der Waals surface area (Å²) in [5.74, 6) is -5.81. The number of hydrogen-bond donors (Lipinski definition) is 2. The Balaban J connectivity index is 2.13. The van der Waals surface area contributed by atoms with E-state index in [9.17, 15) is 36.3 Å². The van der Waals surface area contributed by atoms with E-state index in [4.69, 9.17) is 9.47 Å². The zero-order valence-corrected chi connectivity index (χ0v) is 22.9. The molecular weight excluding hydrogens is 564 g/mol. The van der Waals surface area contributed by atoms with Gasteiger partial charge in [-0.15, -0.1) is 13.2 Å². The Labute approximate surface area is 227 Å². The number of carbonyl (C=O) groups is 2. The van der Waals surface area contributed by atoms with Gasteiger partial charge < -0.3 is 29.5 Å². The van der Waals surface area contributed by atoms with Crippen LogP contribution in [0.3, 0.4) is 0 Å². The largest absolute Gasteiger partial charge is 0.573 e. The molecule has 3 rings (SSSR count). The molecule has 1 unspecified atom stereocenters. The second-order valence-electron chi connectivity index (χ2n) is 10.1. The summed E-state index contributed by atoms with van der Waals surface area (Å²) >= 11 is 0. The fraction of sp³-hybridized carbons (Fsp3) is 0.440. The summed E-state index contributed by atoms with van der Waals surface area (Å²) in [6.07, 6.45) is -6.02. The van der Waals surface area contributed by atoms with Gasteiger partial charge in [0.15, 0.2) is 15.6 Å². The van der Waals surface area contributed by atoms with Gasteiger partial charge in [-0.1, -0.05) is 12.1 Å². The highest BCUT2D eigenvalue weighted by atomic mass is 32.2. The smallest absolute Gasteiger partial charge is 0.444 e. The van der Waals surface area contributed by atoms with Crippen molar-refractivity contribution in [3.63, 3.8) is 0 Å². The molecule has 0 saturated carbocycles. The Hall–Kier alpha value is -3.43.